The number of piperidine rings is 1. The Bertz CT molecular complexity index is 920. The Labute approximate surface area is 206 Å². The quantitative estimate of drug-likeness (QED) is 0.592. The lowest BCUT2D eigenvalue weighted by molar-refractivity contribution is -0.144. The molecule has 35 heavy (non-hydrogen) atoms. The molecule has 2 aliphatic heterocycles. The van der Waals surface area contributed by atoms with Gasteiger partial charge in [-0.05, 0) is 58.4 Å². The highest BCUT2D eigenvalue weighted by molar-refractivity contribution is 5.88. The van der Waals surface area contributed by atoms with Crippen molar-refractivity contribution in [3.63, 3.8) is 0 Å². The molecule has 10 heteroatoms. The molecule has 2 heterocycles. The van der Waals surface area contributed by atoms with Crippen molar-refractivity contribution < 1.29 is 28.8 Å². The predicted octanol–water partition coefficient (Wildman–Crippen LogP) is 3.22. The summed E-state index contributed by atoms with van der Waals surface area (Å²) in [6, 6.07) is 8.71. The van der Waals surface area contributed by atoms with Crippen molar-refractivity contribution >= 4 is 18.0 Å². The van der Waals surface area contributed by atoms with Crippen LogP contribution in [0.5, 0.6) is 0 Å². The van der Waals surface area contributed by atoms with E-state index in [1.807, 2.05) is 51.1 Å². The Hall–Kier alpha value is -2.85. The molecule has 1 saturated carbocycles. The van der Waals surface area contributed by atoms with Gasteiger partial charge in [-0.1, -0.05) is 30.3 Å². The summed E-state index contributed by atoms with van der Waals surface area (Å²) in [5, 5.41) is 1.41. The minimum atomic E-state index is -0.592. The Morgan fingerprint density at radius 1 is 1.11 bits per heavy atom. The number of carbonyl (C=O) groups excluding carboxylic acids is 3. The highest BCUT2D eigenvalue weighted by atomic mass is 16.7. The van der Waals surface area contributed by atoms with Crippen molar-refractivity contribution in [2.45, 2.75) is 89.3 Å². The van der Waals surface area contributed by atoms with Gasteiger partial charge in [-0.15, -0.1) is 0 Å². The molecule has 1 aromatic carbocycles. The molecule has 2 unspecified atom stereocenters. The number of amides is 4. The normalized spacial score (nSPS) is 26.1. The summed E-state index contributed by atoms with van der Waals surface area (Å²) >= 11 is 0. The minimum absolute atomic E-state index is 0.0160. The third-order valence-electron chi connectivity index (χ3n) is 6.75. The molecule has 10 nitrogen and oxygen atoms in total. The van der Waals surface area contributed by atoms with Crippen LogP contribution in [0.1, 0.15) is 58.4 Å². The molecule has 3 aliphatic rings. The van der Waals surface area contributed by atoms with E-state index in [0.29, 0.717) is 38.8 Å². The van der Waals surface area contributed by atoms with Crippen LogP contribution >= 0.6 is 0 Å². The summed E-state index contributed by atoms with van der Waals surface area (Å²) in [6.45, 7) is 6.27. The lowest BCUT2D eigenvalue weighted by Crippen LogP contribution is -2.50. The van der Waals surface area contributed by atoms with E-state index in [4.69, 9.17) is 14.4 Å². The van der Waals surface area contributed by atoms with Gasteiger partial charge in [-0.2, -0.15) is 5.06 Å². The molecule has 2 saturated heterocycles. The second-order valence-corrected chi connectivity index (χ2v) is 10.5. The van der Waals surface area contributed by atoms with Gasteiger partial charge >= 0.3 is 12.1 Å². The molecule has 0 radical (unpaired) electrons. The third kappa shape index (κ3) is 6.05. The molecule has 3 fully saturated rings. The second kappa shape index (κ2) is 10.4. The Morgan fingerprint density at radius 3 is 2.57 bits per heavy atom. The molecule has 0 aromatic heterocycles. The second-order valence-electron chi connectivity index (χ2n) is 10.5. The maximum absolute atomic E-state index is 12.9. The molecule has 4 rings (SSSR count). The number of nitrogens with one attached hydrogen (secondary N) is 1. The van der Waals surface area contributed by atoms with E-state index < -0.39 is 11.6 Å². The molecular weight excluding hydrogens is 452 g/mol. The van der Waals surface area contributed by atoms with Gasteiger partial charge in [0.1, 0.15) is 18.2 Å². The maximum atomic E-state index is 12.9. The zero-order chi connectivity index (χ0) is 25.2. The largest absolute Gasteiger partial charge is 0.444 e. The number of hydroxylamine groups is 3. The molecular formula is C25H36N4O6. The van der Waals surface area contributed by atoms with Gasteiger partial charge in [0, 0.05) is 19.6 Å². The average molecular weight is 489 g/mol. The average Bonchev–Trinajstić information content (AvgIpc) is 3.38. The highest BCUT2D eigenvalue weighted by Crippen LogP contribution is 2.31. The smallest absolute Gasteiger partial charge is 0.410 e. The fourth-order valence-corrected chi connectivity index (χ4v) is 4.86. The first kappa shape index (κ1) is 25.2. The third-order valence-corrected chi connectivity index (χ3v) is 6.75. The monoisotopic (exact) mass is 488 g/mol. The summed E-state index contributed by atoms with van der Waals surface area (Å²) < 4.78 is 5.44. The molecule has 192 valence electrons. The van der Waals surface area contributed by atoms with E-state index in [9.17, 15) is 14.4 Å². The topological polar surface area (TPSA) is 101 Å². The number of hydrogen-bond donors (Lipinski definition) is 1. The van der Waals surface area contributed by atoms with Crippen molar-refractivity contribution in [2.24, 2.45) is 0 Å². The van der Waals surface area contributed by atoms with E-state index in [-0.39, 0.29) is 36.2 Å². The summed E-state index contributed by atoms with van der Waals surface area (Å²) in [4.78, 5) is 52.8. The van der Waals surface area contributed by atoms with Crippen molar-refractivity contribution in [3.05, 3.63) is 35.9 Å². The zero-order valence-corrected chi connectivity index (χ0v) is 20.9. The van der Waals surface area contributed by atoms with Gasteiger partial charge in [0.25, 0.3) is 5.91 Å². The molecule has 4 amide bonds. The van der Waals surface area contributed by atoms with E-state index in [0.717, 1.165) is 12.0 Å². The summed E-state index contributed by atoms with van der Waals surface area (Å²) in [5.41, 5.74) is 3.00. The number of hydrogen-bond acceptors (Lipinski definition) is 6. The summed E-state index contributed by atoms with van der Waals surface area (Å²) in [6.07, 6.45) is 2.74. The zero-order valence-electron chi connectivity index (χ0n) is 20.9. The van der Waals surface area contributed by atoms with E-state index >= 15 is 0 Å². The SMILES string of the molecule is CN(C(=O)OC(C)(C)C)C1CCC(ONC(=O)[C@@H]2CC[C@@H]3CN2C(=O)N3OCc2ccccc2)C1. The number of ether oxygens (including phenoxy) is 1. The van der Waals surface area contributed by atoms with Gasteiger partial charge in [0.15, 0.2) is 0 Å². The number of urea groups is 1. The lowest BCUT2D eigenvalue weighted by Gasteiger charge is -2.29. The minimum Gasteiger partial charge on any atom is -0.444 e. The Kier molecular flexibility index (Phi) is 7.51. The molecule has 4 atom stereocenters. The maximum Gasteiger partial charge on any atom is 0.410 e. The Morgan fingerprint density at radius 2 is 1.86 bits per heavy atom. The number of carbonyl (C=O) groups is 3. The first-order valence-electron chi connectivity index (χ1n) is 12.3. The van der Waals surface area contributed by atoms with Crippen molar-refractivity contribution in [3.8, 4) is 0 Å². The van der Waals surface area contributed by atoms with Crippen molar-refractivity contribution in [1.82, 2.24) is 20.3 Å². The fraction of sp³-hybridized carbons (Fsp3) is 0.640. The number of fused-ring (bicyclic) bond motifs is 2. The number of rotatable bonds is 7. The van der Waals surface area contributed by atoms with Crippen LogP contribution in [0.2, 0.25) is 0 Å². The predicted molar refractivity (Wildman–Crippen MR) is 127 cm³/mol. The van der Waals surface area contributed by atoms with Crippen LogP contribution in [0.4, 0.5) is 9.59 Å². The van der Waals surface area contributed by atoms with Crippen molar-refractivity contribution in [1.29, 1.82) is 0 Å². The van der Waals surface area contributed by atoms with Crippen LogP contribution in [0.15, 0.2) is 30.3 Å². The lowest BCUT2D eigenvalue weighted by atomic mass is 10.0. The summed E-state index contributed by atoms with van der Waals surface area (Å²) in [5.74, 6) is -0.328. The number of nitrogens with zero attached hydrogens (tertiary/aromatic N) is 3. The van der Waals surface area contributed by atoms with E-state index in [1.165, 1.54) is 5.06 Å². The molecule has 2 bridgehead atoms. The first-order valence-corrected chi connectivity index (χ1v) is 12.3. The van der Waals surface area contributed by atoms with Crippen LogP contribution in [0.25, 0.3) is 0 Å². The first-order chi connectivity index (χ1) is 16.6. The van der Waals surface area contributed by atoms with Crippen LogP contribution in [0.3, 0.4) is 0 Å². The molecule has 1 aliphatic carbocycles. The van der Waals surface area contributed by atoms with Gasteiger partial charge < -0.3 is 14.5 Å². The highest BCUT2D eigenvalue weighted by Gasteiger charge is 2.48. The summed E-state index contributed by atoms with van der Waals surface area (Å²) in [7, 11) is 1.72. The van der Waals surface area contributed by atoms with Crippen LogP contribution in [0, 0.1) is 0 Å². The number of benzene rings is 1. The van der Waals surface area contributed by atoms with Crippen LogP contribution in [-0.2, 0) is 25.8 Å². The van der Waals surface area contributed by atoms with Crippen LogP contribution < -0.4 is 5.48 Å². The van der Waals surface area contributed by atoms with Gasteiger partial charge in [-0.25, -0.2) is 15.1 Å². The van der Waals surface area contributed by atoms with Crippen molar-refractivity contribution in [2.75, 3.05) is 13.6 Å². The standard InChI is InChI=1S/C25H36N4O6/c1-25(2,3)34-24(32)27(4)18-10-12-20(14-18)35-26-22(30)21-13-11-19-15-28(21)23(31)29(19)33-16-17-8-6-5-7-9-17/h5-9,18-21H,10-16H2,1-4H3,(H,26,30)/t18?,19-,20?,21+/m1/s1. The van der Waals surface area contributed by atoms with Gasteiger partial charge in [-0.3, -0.25) is 14.5 Å². The molecule has 1 aromatic rings. The van der Waals surface area contributed by atoms with Gasteiger partial charge in [0.2, 0.25) is 0 Å². The van der Waals surface area contributed by atoms with Crippen LogP contribution in [-0.4, -0.2) is 76.3 Å². The van der Waals surface area contributed by atoms with Gasteiger partial charge in [0.05, 0.1) is 12.1 Å². The molecule has 0 spiro atoms. The Balaban J connectivity index is 1.24. The van der Waals surface area contributed by atoms with E-state index in [2.05, 4.69) is 5.48 Å². The molecule has 1 N–H and O–H groups in total. The van der Waals surface area contributed by atoms with E-state index in [1.54, 1.807) is 16.8 Å². The fourth-order valence-electron chi connectivity index (χ4n) is 4.86.